The zero-order valence-corrected chi connectivity index (χ0v) is 16.4. The van der Waals surface area contributed by atoms with Crippen molar-refractivity contribution >= 4 is 23.6 Å². The van der Waals surface area contributed by atoms with Crippen LogP contribution in [0.2, 0.25) is 0 Å². The highest BCUT2D eigenvalue weighted by Gasteiger charge is 2.11. The van der Waals surface area contributed by atoms with Crippen LogP contribution in [-0.2, 0) is 4.79 Å². The van der Waals surface area contributed by atoms with E-state index in [9.17, 15) is 14.9 Å². The summed E-state index contributed by atoms with van der Waals surface area (Å²) >= 11 is 0. The van der Waals surface area contributed by atoms with Crippen LogP contribution < -0.4 is 10.1 Å². The van der Waals surface area contributed by atoms with Gasteiger partial charge in [-0.3, -0.25) is 9.59 Å². The Morgan fingerprint density at radius 3 is 2.18 bits per heavy atom. The Bertz CT molecular complexity index is 906. The van der Waals surface area contributed by atoms with E-state index in [1.807, 2.05) is 19.9 Å². The monoisotopic (exact) mass is 377 g/mol. The van der Waals surface area contributed by atoms with Gasteiger partial charge in [0.25, 0.3) is 11.8 Å². The number of anilines is 1. The van der Waals surface area contributed by atoms with Gasteiger partial charge in [-0.2, -0.15) is 5.26 Å². The number of carbonyl (C=O) groups is 2. The van der Waals surface area contributed by atoms with E-state index in [4.69, 9.17) is 4.74 Å². The first-order valence-electron chi connectivity index (χ1n) is 8.81. The summed E-state index contributed by atoms with van der Waals surface area (Å²) in [5, 5.41) is 12.0. The highest BCUT2D eigenvalue weighted by Crippen LogP contribution is 2.17. The first-order chi connectivity index (χ1) is 13.3. The molecule has 28 heavy (non-hydrogen) atoms. The Hall–Kier alpha value is -3.59. The molecule has 0 unspecified atom stereocenters. The molecule has 0 fully saturated rings. The number of ether oxygens (including phenoxy) is 1. The van der Waals surface area contributed by atoms with Gasteiger partial charge in [-0.25, -0.2) is 0 Å². The Kier molecular flexibility index (Phi) is 6.94. The highest BCUT2D eigenvalue weighted by atomic mass is 16.5. The molecule has 6 nitrogen and oxygen atoms in total. The van der Waals surface area contributed by atoms with E-state index >= 15 is 0 Å². The molecular formula is C22H23N3O3. The number of nitrogens with zero attached hydrogens (tertiary/aromatic N) is 2. The summed E-state index contributed by atoms with van der Waals surface area (Å²) in [6.07, 6.45) is 1.58. The molecule has 0 saturated heterocycles. The summed E-state index contributed by atoms with van der Waals surface area (Å²) < 4.78 is 5.58. The third-order valence-corrected chi connectivity index (χ3v) is 3.72. The molecule has 0 radical (unpaired) electrons. The minimum absolute atomic E-state index is 0.0222. The SMILES string of the molecule is CC(C)Oc1ccc(/C=C(\C#N)C(=O)Nc2ccc(C(=O)N(C)C)cc2)cc1. The summed E-state index contributed by atoms with van der Waals surface area (Å²) in [4.78, 5) is 25.8. The quantitative estimate of drug-likeness (QED) is 0.614. The summed E-state index contributed by atoms with van der Waals surface area (Å²) in [5.41, 5.74) is 1.71. The molecule has 6 heteroatoms. The second-order valence-electron chi connectivity index (χ2n) is 6.64. The molecule has 2 aromatic carbocycles. The Morgan fingerprint density at radius 1 is 1.07 bits per heavy atom. The van der Waals surface area contributed by atoms with Gasteiger partial charge in [0.1, 0.15) is 17.4 Å². The number of nitrogens with one attached hydrogen (secondary N) is 1. The number of hydrogen-bond acceptors (Lipinski definition) is 4. The Balaban J connectivity index is 2.10. The lowest BCUT2D eigenvalue weighted by Crippen LogP contribution is -2.21. The third-order valence-electron chi connectivity index (χ3n) is 3.72. The topological polar surface area (TPSA) is 82.4 Å². The number of nitriles is 1. The summed E-state index contributed by atoms with van der Waals surface area (Å²) in [7, 11) is 3.34. The highest BCUT2D eigenvalue weighted by molar-refractivity contribution is 6.09. The molecule has 144 valence electrons. The molecule has 2 rings (SSSR count). The fraction of sp³-hybridized carbons (Fsp3) is 0.227. The van der Waals surface area contributed by atoms with Crippen LogP contribution in [0.1, 0.15) is 29.8 Å². The van der Waals surface area contributed by atoms with Crippen molar-refractivity contribution in [2.45, 2.75) is 20.0 Å². The van der Waals surface area contributed by atoms with Crippen molar-refractivity contribution in [3.05, 3.63) is 65.2 Å². The third kappa shape index (κ3) is 5.71. The average molecular weight is 377 g/mol. The van der Waals surface area contributed by atoms with Crippen molar-refractivity contribution in [2.24, 2.45) is 0 Å². The smallest absolute Gasteiger partial charge is 0.266 e. The first kappa shape index (κ1) is 20.7. The first-order valence-corrected chi connectivity index (χ1v) is 8.81. The van der Waals surface area contributed by atoms with E-state index in [-0.39, 0.29) is 17.6 Å². The van der Waals surface area contributed by atoms with E-state index in [0.717, 1.165) is 11.3 Å². The molecule has 1 N–H and O–H groups in total. The van der Waals surface area contributed by atoms with E-state index in [0.29, 0.717) is 11.3 Å². The fourth-order valence-corrected chi connectivity index (χ4v) is 2.38. The predicted molar refractivity (Wildman–Crippen MR) is 109 cm³/mol. The molecule has 2 amide bonds. The lowest BCUT2D eigenvalue weighted by atomic mass is 10.1. The minimum Gasteiger partial charge on any atom is -0.491 e. The summed E-state index contributed by atoms with van der Waals surface area (Å²) in [6, 6.07) is 15.6. The lowest BCUT2D eigenvalue weighted by molar-refractivity contribution is -0.112. The molecule has 0 aliphatic heterocycles. The zero-order chi connectivity index (χ0) is 20.7. The van der Waals surface area contributed by atoms with Gasteiger partial charge in [0, 0.05) is 25.3 Å². The molecule has 0 aromatic heterocycles. The maximum atomic E-state index is 12.4. The van der Waals surface area contributed by atoms with Gasteiger partial charge in [-0.1, -0.05) is 12.1 Å². The molecule has 0 saturated carbocycles. The van der Waals surface area contributed by atoms with Gasteiger partial charge in [0.05, 0.1) is 6.10 Å². The van der Waals surface area contributed by atoms with E-state index in [1.165, 1.54) is 11.0 Å². The zero-order valence-electron chi connectivity index (χ0n) is 16.4. The Labute approximate surface area is 165 Å². The maximum absolute atomic E-state index is 12.4. The summed E-state index contributed by atoms with van der Waals surface area (Å²) in [5.74, 6) is 0.0829. The van der Waals surface area contributed by atoms with Crippen LogP contribution in [0.25, 0.3) is 6.08 Å². The minimum atomic E-state index is -0.517. The van der Waals surface area contributed by atoms with Gasteiger partial charge >= 0.3 is 0 Å². The van der Waals surface area contributed by atoms with E-state index in [1.54, 1.807) is 62.6 Å². The van der Waals surface area contributed by atoms with Crippen molar-refractivity contribution in [1.82, 2.24) is 4.90 Å². The summed E-state index contributed by atoms with van der Waals surface area (Å²) in [6.45, 7) is 3.88. The average Bonchev–Trinajstić information content (AvgIpc) is 2.66. The standard InChI is InChI=1S/C22H23N3O3/c1-15(2)28-20-11-5-16(6-12-20)13-18(14-23)21(26)24-19-9-7-17(8-10-19)22(27)25(3)4/h5-13,15H,1-4H3,(H,24,26)/b18-13+. The second-order valence-corrected chi connectivity index (χ2v) is 6.64. The number of rotatable bonds is 6. The van der Waals surface area contributed by atoms with Crippen LogP contribution in [-0.4, -0.2) is 36.9 Å². The van der Waals surface area contributed by atoms with Crippen LogP contribution in [0.5, 0.6) is 5.75 Å². The van der Waals surface area contributed by atoms with Crippen LogP contribution in [0.3, 0.4) is 0 Å². The van der Waals surface area contributed by atoms with Gasteiger partial charge in [0.2, 0.25) is 0 Å². The van der Waals surface area contributed by atoms with E-state index in [2.05, 4.69) is 5.32 Å². The van der Waals surface area contributed by atoms with Gasteiger partial charge in [-0.15, -0.1) is 0 Å². The molecule has 0 aliphatic carbocycles. The molecule has 0 aliphatic rings. The molecule has 2 aromatic rings. The predicted octanol–water partition coefficient (Wildman–Crippen LogP) is 3.72. The fourth-order valence-electron chi connectivity index (χ4n) is 2.38. The van der Waals surface area contributed by atoms with Gasteiger partial charge in [0.15, 0.2) is 0 Å². The molecular weight excluding hydrogens is 354 g/mol. The van der Waals surface area contributed by atoms with Crippen LogP contribution in [0, 0.1) is 11.3 Å². The van der Waals surface area contributed by atoms with Crippen LogP contribution >= 0.6 is 0 Å². The van der Waals surface area contributed by atoms with Crippen molar-refractivity contribution < 1.29 is 14.3 Å². The van der Waals surface area contributed by atoms with E-state index < -0.39 is 5.91 Å². The van der Waals surface area contributed by atoms with Gasteiger partial charge in [-0.05, 0) is 61.9 Å². The van der Waals surface area contributed by atoms with Crippen molar-refractivity contribution in [3.8, 4) is 11.8 Å². The Morgan fingerprint density at radius 2 is 1.68 bits per heavy atom. The van der Waals surface area contributed by atoms with Crippen LogP contribution in [0.4, 0.5) is 5.69 Å². The molecule has 0 bridgehead atoms. The number of carbonyl (C=O) groups excluding carboxylic acids is 2. The number of hydrogen-bond donors (Lipinski definition) is 1. The number of amides is 2. The second kappa shape index (κ2) is 9.38. The number of benzene rings is 2. The van der Waals surface area contributed by atoms with Crippen molar-refractivity contribution in [1.29, 1.82) is 5.26 Å². The largest absolute Gasteiger partial charge is 0.491 e. The molecule has 0 spiro atoms. The lowest BCUT2D eigenvalue weighted by Gasteiger charge is -2.11. The maximum Gasteiger partial charge on any atom is 0.266 e. The molecule has 0 heterocycles. The van der Waals surface area contributed by atoms with Crippen LogP contribution in [0.15, 0.2) is 54.1 Å². The normalized spacial score (nSPS) is 10.9. The van der Waals surface area contributed by atoms with Gasteiger partial charge < -0.3 is 15.0 Å². The molecule has 0 atom stereocenters. The van der Waals surface area contributed by atoms with Crippen molar-refractivity contribution in [2.75, 3.05) is 19.4 Å². The van der Waals surface area contributed by atoms with Crippen molar-refractivity contribution in [3.63, 3.8) is 0 Å².